The third-order valence-corrected chi connectivity index (χ3v) is 2.85. The van der Waals surface area contributed by atoms with E-state index in [1.54, 1.807) is 0 Å². The number of benzene rings is 2. The first-order chi connectivity index (χ1) is 10.0. The summed E-state index contributed by atoms with van der Waals surface area (Å²) < 4.78 is 13.1. The van der Waals surface area contributed by atoms with E-state index in [4.69, 9.17) is 5.26 Å². The molecule has 21 heavy (non-hydrogen) atoms. The highest BCUT2D eigenvalue weighted by Gasteiger charge is 2.11. The van der Waals surface area contributed by atoms with Gasteiger partial charge < -0.3 is 10.4 Å². The van der Waals surface area contributed by atoms with Crippen molar-refractivity contribution >= 4 is 11.4 Å². The van der Waals surface area contributed by atoms with Crippen molar-refractivity contribution in [2.45, 2.75) is 6.54 Å². The van der Waals surface area contributed by atoms with Crippen LogP contribution < -0.4 is 5.32 Å². The lowest BCUT2D eigenvalue weighted by molar-refractivity contribution is -0.384. The van der Waals surface area contributed by atoms with Gasteiger partial charge in [0.1, 0.15) is 17.6 Å². The van der Waals surface area contributed by atoms with Crippen molar-refractivity contribution in [3.8, 4) is 11.8 Å². The van der Waals surface area contributed by atoms with Crippen LogP contribution in [0.15, 0.2) is 36.4 Å². The van der Waals surface area contributed by atoms with E-state index >= 15 is 0 Å². The zero-order valence-electron chi connectivity index (χ0n) is 10.7. The zero-order valence-corrected chi connectivity index (χ0v) is 10.7. The first-order valence-corrected chi connectivity index (χ1v) is 5.91. The van der Waals surface area contributed by atoms with Crippen LogP contribution in [0.3, 0.4) is 0 Å². The number of non-ortho nitro benzene ring substituents is 1. The molecule has 0 bridgehead atoms. The number of nitro groups is 1. The number of anilines is 1. The summed E-state index contributed by atoms with van der Waals surface area (Å²) >= 11 is 0. The molecule has 2 N–H and O–H groups in total. The Hall–Kier alpha value is -3.14. The number of phenols is 1. The smallest absolute Gasteiger partial charge is 0.270 e. The van der Waals surface area contributed by atoms with E-state index in [2.05, 4.69) is 5.32 Å². The standard InChI is InChI=1S/C14H10FN3O3/c15-11-1-4-14(19)10(5-11)8-17-13-3-2-12(18(20)21)6-9(13)7-16/h1-6,17,19H,8H2. The minimum atomic E-state index is -0.594. The third kappa shape index (κ3) is 3.25. The Morgan fingerprint density at radius 2 is 2.10 bits per heavy atom. The van der Waals surface area contributed by atoms with Crippen LogP contribution in [0.1, 0.15) is 11.1 Å². The molecule has 2 aromatic rings. The predicted octanol–water partition coefficient (Wildman–Crippen LogP) is 2.92. The summed E-state index contributed by atoms with van der Waals surface area (Å²) in [5, 5.41) is 32.1. The van der Waals surface area contributed by atoms with Crippen LogP contribution in [0.25, 0.3) is 0 Å². The van der Waals surface area contributed by atoms with E-state index in [-0.39, 0.29) is 23.5 Å². The highest BCUT2D eigenvalue weighted by molar-refractivity contribution is 5.61. The van der Waals surface area contributed by atoms with Gasteiger partial charge in [0.05, 0.1) is 16.2 Å². The Bertz CT molecular complexity index is 741. The number of aromatic hydroxyl groups is 1. The Morgan fingerprint density at radius 3 is 2.76 bits per heavy atom. The topological polar surface area (TPSA) is 99.2 Å². The maximum Gasteiger partial charge on any atom is 0.270 e. The van der Waals surface area contributed by atoms with Crippen molar-refractivity contribution in [3.05, 3.63) is 63.5 Å². The van der Waals surface area contributed by atoms with Crippen molar-refractivity contribution < 1.29 is 14.4 Å². The zero-order chi connectivity index (χ0) is 15.4. The van der Waals surface area contributed by atoms with Gasteiger partial charge in [0.2, 0.25) is 0 Å². The number of nitro benzene ring substituents is 1. The molecule has 0 unspecified atom stereocenters. The molecule has 0 radical (unpaired) electrons. The van der Waals surface area contributed by atoms with Gasteiger partial charge in [0.25, 0.3) is 5.69 Å². The Balaban J connectivity index is 2.22. The van der Waals surface area contributed by atoms with Crippen LogP contribution in [-0.4, -0.2) is 10.0 Å². The predicted molar refractivity (Wildman–Crippen MR) is 73.2 cm³/mol. The molecule has 0 aliphatic carbocycles. The number of phenolic OH excluding ortho intramolecular Hbond substituents is 1. The van der Waals surface area contributed by atoms with E-state index in [0.717, 1.165) is 12.1 Å². The van der Waals surface area contributed by atoms with Gasteiger partial charge in [-0.15, -0.1) is 0 Å². The molecule has 106 valence electrons. The van der Waals surface area contributed by atoms with Crippen molar-refractivity contribution in [1.82, 2.24) is 0 Å². The first kappa shape index (κ1) is 14.3. The summed E-state index contributed by atoms with van der Waals surface area (Å²) in [6.07, 6.45) is 0. The number of nitrogens with zero attached hydrogens (tertiary/aromatic N) is 2. The minimum Gasteiger partial charge on any atom is -0.508 e. The van der Waals surface area contributed by atoms with E-state index in [9.17, 15) is 19.6 Å². The average Bonchev–Trinajstić information content (AvgIpc) is 2.47. The van der Waals surface area contributed by atoms with E-state index in [0.29, 0.717) is 11.3 Å². The maximum atomic E-state index is 13.1. The highest BCUT2D eigenvalue weighted by Crippen LogP contribution is 2.24. The molecule has 0 atom stereocenters. The van der Waals surface area contributed by atoms with E-state index in [1.165, 1.54) is 24.3 Å². The van der Waals surface area contributed by atoms with Crippen molar-refractivity contribution in [2.75, 3.05) is 5.32 Å². The molecule has 2 rings (SSSR count). The van der Waals surface area contributed by atoms with Gasteiger partial charge in [-0.25, -0.2) is 4.39 Å². The lowest BCUT2D eigenvalue weighted by Gasteiger charge is -2.09. The van der Waals surface area contributed by atoms with Crippen molar-refractivity contribution in [1.29, 1.82) is 5.26 Å². The van der Waals surface area contributed by atoms with Crippen LogP contribution in [0.2, 0.25) is 0 Å². The fraction of sp³-hybridized carbons (Fsp3) is 0.0714. The SMILES string of the molecule is N#Cc1cc([N+](=O)[O-])ccc1NCc1cc(F)ccc1O. The van der Waals surface area contributed by atoms with Gasteiger partial charge in [0, 0.05) is 24.2 Å². The summed E-state index contributed by atoms with van der Waals surface area (Å²) in [4.78, 5) is 10.0. The summed E-state index contributed by atoms with van der Waals surface area (Å²) in [7, 11) is 0. The van der Waals surface area contributed by atoms with Crippen LogP contribution in [0.5, 0.6) is 5.75 Å². The van der Waals surface area contributed by atoms with Crippen molar-refractivity contribution in [3.63, 3.8) is 0 Å². The van der Waals surface area contributed by atoms with Crippen LogP contribution in [0, 0.1) is 27.3 Å². The molecule has 6 nitrogen and oxygen atoms in total. The van der Waals surface area contributed by atoms with E-state index < -0.39 is 10.7 Å². The normalized spacial score (nSPS) is 9.90. The fourth-order valence-corrected chi connectivity index (χ4v) is 1.78. The van der Waals surface area contributed by atoms with Crippen LogP contribution in [0.4, 0.5) is 15.8 Å². The summed E-state index contributed by atoms with van der Waals surface area (Å²) in [5.41, 5.74) is 0.592. The Kier molecular flexibility index (Phi) is 4.00. The second-order valence-corrected chi connectivity index (χ2v) is 4.23. The largest absolute Gasteiger partial charge is 0.508 e. The van der Waals surface area contributed by atoms with Gasteiger partial charge in [-0.2, -0.15) is 5.26 Å². The fourth-order valence-electron chi connectivity index (χ4n) is 1.78. The molecule has 0 saturated heterocycles. The second-order valence-electron chi connectivity index (χ2n) is 4.23. The molecule has 2 aromatic carbocycles. The second kappa shape index (κ2) is 5.88. The van der Waals surface area contributed by atoms with Crippen molar-refractivity contribution in [2.24, 2.45) is 0 Å². The molecule has 0 heterocycles. The molecule has 0 aliphatic rings. The lowest BCUT2D eigenvalue weighted by Crippen LogP contribution is -2.02. The summed E-state index contributed by atoms with van der Waals surface area (Å²) in [5.74, 6) is -0.571. The molecule has 0 aromatic heterocycles. The van der Waals surface area contributed by atoms with Gasteiger partial charge >= 0.3 is 0 Å². The molecule has 0 fully saturated rings. The highest BCUT2D eigenvalue weighted by atomic mass is 19.1. The molecule has 0 saturated carbocycles. The lowest BCUT2D eigenvalue weighted by atomic mass is 10.1. The Morgan fingerprint density at radius 1 is 1.33 bits per heavy atom. The number of nitrogens with one attached hydrogen (secondary N) is 1. The quantitative estimate of drug-likeness (QED) is 0.665. The van der Waals surface area contributed by atoms with Gasteiger partial charge in [-0.3, -0.25) is 10.1 Å². The van der Waals surface area contributed by atoms with Crippen LogP contribution >= 0.6 is 0 Å². The molecule has 7 heteroatoms. The number of nitriles is 1. The number of rotatable bonds is 4. The number of hydrogen-bond donors (Lipinski definition) is 2. The van der Waals surface area contributed by atoms with Gasteiger partial charge in [-0.05, 0) is 24.3 Å². The monoisotopic (exact) mass is 287 g/mol. The third-order valence-electron chi connectivity index (χ3n) is 2.85. The summed E-state index contributed by atoms with van der Waals surface area (Å²) in [6.45, 7) is 0.0794. The number of halogens is 1. The van der Waals surface area contributed by atoms with Gasteiger partial charge in [0.15, 0.2) is 0 Å². The molecule has 0 amide bonds. The first-order valence-electron chi connectivity index (χ1n) is 5.91. The maximum absolute atomic E-state index is 13.1. The summed E-state index contributed by atoms with van der Waals surface area (Å²) in [6, 6.07) is 9.18. The Labute approximate surface area is 119 Å². The van der Waals surface area contributed by atoms with Crippen LogP contribution in [-0.2, 0) is 6.54 Å². The number of hydrogen-bond acceptors (Lipinski definition) is 5. The molecular formula is C14H10FN3O3. The molecular weight excluding hydrogens is 277 g/mol. The molecule has 0 spiro atoms. The average molecular weight is 287 g/mol. The van der Waals surface area contributed by atoms with Gasteiger partial charge in [-0.1, -0.05) is 0 Å². The van der Waals surface area contributed by atoms with E-state index in [1.807, 2.05) is 6.07 Å². The molecule has 0 aliphatic heterocycles. The minimum absolute atomic E-state index is 0.0793.